The SMILES string of the molecule is C=C(Cl)COC(=O)c1ccc(-n2c(C)c[nH]c2=O)cc1. The first-order valence-electron chi connectivity index (χ1n) is 5.87. The molecule has 0 aliphatic rings. The highest BCUT2D eigenvalue weighted by Crippen LogP contribution is 2.11. The van der Waals surface area contributed by atoms with Gasteiger partial charge < -0.3 is 9.72 Å². The molecule has 0 spiro atoms. The van der Waals surface area contributed by atoms with Crippen molar-refractivity contribution in [2.45, 2.75) is 6.92 Å². The molecule has 5 nitrogen and oxygen atoms in total. The number of aryl methyl sites for hydroxylation is 1. The van der Waals surface area contributed by atoms with Gasteiger partial charge >= 0.3 is 11.7 Å². The molecule has 0 fully saturated rings. The number of hydrogen-bond acceptors (Lipinski definition) is 3. The van der Waals surface area contributed by atoms with E-state index in [2.05, 4.69) is 11.6 Å². The molecule has 0 atom stereocenters. The molecule has 104 valence electrons. The molecule has 0 aliphatic heterocycles. The molecule has 2 rings (SSSR count). The monoisotopic (exact) mass is 292 g/mol. The summed E-state index contributed by atoms with van der Waals surface area (Å²) in [5.74, 6) is -0.489. The van der Waals surface area contributed by atoms with Crippen molar-refractivity contribution < 1.29 is 9.53 Å². The van der Waals surface area contributed by atoms with E-state index in [1.165, 1.54) is 4.57 Å². The van der Waals surface area contributed by atoms with E-state index < -0.39 is 5.97 Å². The van der Waals surface area contributed by atoms with Gasteiger partial charge in [-0.2, -0.15) is 0 Å². The van der Waals surface area contributed by atoms with E-state index in [4.69, 9.17) is 16.3 Å². The van der Waals surface area contributed by atoms with Crippen LogP contribution in [0.25, 0.3) is 5.69 Å². The molecule has 0 bridgehead atoms. The molecular formula is C14H13ClN2O3. The molecule has 0 saturated carbocycles. The average molecular weight is 293 g/mol. The smallest absolute Gasteiger partial charge is 0.338 e. The van der Waals surface area contributed by atoms with Crippen molar-refractivity contribution in [3.63, 3.8) is 0 Å². The third-order valence-electron chi connectivity index (χ3n) is 2.68. The molecular weight excluding hydrogens is 280 g/mol. The van der Waals surface area contributed by atoms with Crippen LogP contribution in [0.5, 0.6) is 0 Å². The van der Waals surface area contributed by atoms with E-state index in [1.807, 2.05) is 6.92 Å². The summed E-state index contributed by atoms with van der Waals surface area (Å²) < 4.78 is 6.43. The number of aromatic nitrogens is 2. The minimum Gasteiger partial charge on any atom is -0.456 e. The Labute approximate surface area is 120 Å². The van der Waals surface area contributed by atoms with Gasteiger partial charge in [0.05, 0.1) is 11.3 Å². The lowest BCUT2D eigenvalue weighted by molar-refractivity contribution is 0.0546. The Balaban J connectivity index is 2.21. The van der Waals surface area contributed by atoms with Crippen molar-refractivity contribution in [3.8, 4) is 5.69 Å². The number of esters is 1. The van der Waals surface area contributed by atoms with E-state index in [9.17, 15) is 9.59 Å². The fourth-order valence-corrected chi connectivity index (χ4v) is 1.80. The molecule has 0 unspecified atom stereocenters. The first-order chi connectivity index (χ1) is 9.49. The second-order valence-corrected chi connectivity index (χ2v) is 4.75. The fourth-order valence-electron chi connectivity index (χ4n) is 1.75. The van der Waals surface area contributed by atoms with Crippen LogP contribution in [0.1, 0.15) is 16.1 Å². The number of nitrogens with one attached hydrogen (secondary N) is 1. The maximum Gasteiger partial charge on any atom is 0.338 e. The van der Waals surface area contributed by atoms with Gasteiger partial charge in [0.15, 0.2) is 0 Å². The standard InChI is InChI=1S/C14H13ClN2O3/c1-9(15)8-20-13(18)11-3-5-12(6-4-11)17-10(2)7-16-14(17)19/h3-7H,1,8H2,2H3,(H,16,19). The zero-order valence-electron chi connectivity index (χ0n) is 10.9. The van der Waals surface area contributed by atoms with Crippen LogP contribution in [0, 0.1) is 6.92 Å². The first-order valence-corrected chi connectivity index (χ1v) is 6.24. The molecule has 0 radical (unpaired) electrons. The molecule has 0 saturated heterocycles. The Kier molecular flexibility index (Phi) is 4.10. The van der Waals surface area contributed by atoms with Crippen molar-refractivity contribution in [2.75, 3.05) is 6.61 Å². The second kappa shape index (κ2) is 5.79. The van der Waals surface area contributed by atoms with Crippen LogP contribution in [0.15, 0.2) is 46.9 Å². The minimum absolute atomic E-state index is 0.0292. The quantitative estimate of drug-likeness (QED) is 0.880. The van der Waals surface area contributed by atoms with Gasteiger partial charge in [-0.25, -0.2) is 9.59 Å². The van der Waals surface area contributed by atoms with E-state index >= 15 is 0 Å². The molecule has 1 aromatic carbocycles. The molecule has 0 amide bonds. The van der Waals surface area contributed by atoms with Crippen LogP contribution in [-0.4, -0.2) is 22.1 Å². The Morgan fingerprint density at radius 3 is 2.55 bits per heavy atom. The number of aromatic amines is 1. The number of carbonyl (C=O) groups excluding carboxylic acids is 1. The van der Waals surface area contributed by atoms with Gasteiger partial charge in [0.25, 0.3) is 0 Å². The normalized spacial score (nSPS) is 10.3. The van der Waals surface area contributed by atoms with Crippen LogP contribution >= 0.6 is 11.6 Å². The van der Waals surface area contributed by atoms with E-state index in [0.717, 1.165) is 5.69 Å². The average Bonchev–Trinajstić information content (AvgIpc) is 2.76. The second-order valence-electron chi connectivity index (χ2n) is 4.21. The molecule has 1 heterocycles. The third kappa shape index (κ3) is 3.00. The van der Waals surface area contributed by atoms with Crippen molar-refractivity contribution in [2.24, 2.45) is 0 Å². The maximum absolute atomic E-state index is 11.7. The summed E-state index contributed by atoms with van der Waals surface area (Å²) in [5, 5.41) is 0.254. The summed E-state index contributed by atoms with van der Waals surface area (Å²) in [4.78, 5) is 25.9. The Bertz CT molecular complexity index is 698. The summed E-state index contributed by atoms with van der Waals surface area (Å²) in [7, 11) is 0. The molecule has 20 heavy (non-hydrogen) atoms. The molecule has 2 aromatic rings. The summed E-state index contributed by atoms with van der Waals surface area (Å²) in [6.07, 6.45) is 1.62. The molecule has 1 aromatic heterocycles. The van der Waals surface area contributed by atoms with Crippen LogP contribution in [0.3, 0.4) is 0 Å². The van der Waals surface area contributed by atoms with Gasteiger partial charge in [0, 0.05) is 16.9 Å². The highest BCUT2D eigenvalue weighted by molar-refractivity contribution is 6.29. The van der Waals surface area contributed by atoms with Gasteiger partial charge in [0.2, 0.25) is 0 Å². The number of benzene rings is 1. The lowest BCUT2D eigenvalue weighted by Gasteiger charge is -2.06. The minimum atomic E-state index is -0.489. The van der Waals surface area contributed by atoms with Crippen molar-refractivity contribution in [1.82, 2.24) is 9.55 Å². The summed E-state index contributed by atoms with van der Waals surface area (Å²) in [6.45, 7) is 5.22. The first kappa shape index (κ1) is 14.1. The zero-order valence-corrected chi connectivity index (χ0v) is 11.6. The number of halogens is 1. The van der Waals surface area contributed by atoms with E-state index in [-0.39, 0.29) is 17.3 Å². The van der Waals surface area contributed by atoms with E-state index in [0.29, 0.717) is 11.3 Å². The lowest BCUT2D eigenvalue weighted by Crippen LogP contribution is -2.16. The van der Waals surface area contributed by atoms with E-state index in [1.54, 1.807) is 30.5 Å². The number of hydrogen-bond donors (Lipinski definition) is 1. The van der Waals surface area contributed by atoms with Gasteiger partial charge in [0.1, 0.15) is 6.61 Å². The summed E-state index contributed by atoms with van der Waals surface area (Å²) >= 11 is 5.52. The number of rotatable bonds is 4. The van der Waals surface area contributed by atoms with Gasteiger partial charge in [-0.05, 0) is 31.2 Å². The van der Waals surface area contributed by atoms with Crippen LogP contribution in [0.4, 0.5) is 0 Å². The van der Waals surface area contributed by atoms with Crippen LogP contribution in [-0.2, 0) is 4.74 Å². The zero-order chi connectivity index (χ0) is 14.7. The van der Waals surface area contributed by atoms with Crippen molar-refractivity contribution in [3.05, 3.63) is 63.8 Å². The highest BCUT2D eigenvalue weighted by Gasteiger charge is 2.09. The number of nitrogens with zero attached hydrogens (tertiary/aromatic N) is 1. The maximum atomic E-state index is 11.7. The van der Waals surface area contributed by atoms with Gasteiger partial charge in [-0.3, -0.25) is 4.57 Å². The van der Waals surface area contributed by atoms with Crippen molar-refractivity contribution in [1.29, 1.82) is 0 Å². The molecule has 0 aliphatic carbocycles. The Morgan fingerprint density at radius 1 is 1.40 bits per heavy atom. The highest BCUT2D eigenvalue weighted by atomic mass is 35.5. The summed E-state index contributed by atoms with van der Waals surface area (Å²) in [6, 6.07) is 6.53. The van der Waals surface area contributed by atoms with Crippen LogP contribution < -0.4 is 5.69 Å². The summed E-state index contributed by atoms with van der Waals surface area (Å²) in [5.41, 5.74) is 1.61. The topological polar surface area (TPSA) is 64.1 Å². The predicted molar refractivity (Wildman–Crippen MR) is 76.4 cm³/mol. The third-order valence-corrected chi connectivity index (χ3v) is 2.79. The number of ether oxygens (including phenoxy) is 1. The number of H-pyrrole nitrogens is 1. The van der Waals surface area contributed by atoms with Crippen molar-refractivity contribution >= 4 is 17.6 Å². The largest absolute Gasteiger partial charge is 0.456 e. The van der Waals surface area contributed by atoms with Gasteiger partial charge in [-0.15, -0.1) is 0 Å². The molecule has 1 N–H and O–H groups in total. The Hall–Kier alpha value is -2.27. The fraction of sp³-hybridized carbons (Fsp3) is 0.143. The lowest BCUT2D eigenvalue weighted by atomic mass is 10.2. The number of carbonyl (C=O) groups is 1. The molecule has 6 heteroatoms. The Morgan fingerprint density at radius 2 is 2.05 bits per heavy atom. The van der Waals surface area contributed by atoms with Crippen LogP contribution in [0.2, 0.25) is 0 Å². The van der Waals surface area contributed by atoms with Gasteiger partial charge in [-0.1, -0.05) is 18.2 Å². The predicted octanol–water partition coefficient (Wildman–Crippen LogP) is 2.38. The number of imidazole rings is 1.